The Labute approximate surface area is 100.0 Å². The van der Waals surface area contributed by atoms with Gasteiger partial charge >= 0.3 is 0 Å². The van der Waals surface area contributed by atoms with Crippen molar-refractivity contribution in [3.8, 4) is 0 Å². The Morgan fingerprint density at radius 2 is 1.25 bits per heavy atom. The molecule has 0 spiro atoms. The number of nitrogens with two attached hydrogens (primary N) is 1. The highest BCUT2D eigenvalue weighted by Crippen LogP contribution is 1.91. The van der Waals surface area contributed by atoms with E-state index in [-0.39, 0.29) is 37.1 Å². The summed E-state index contributed by atoms with van der Waals surface area (Å²) in [5.74, 6) is -0.0163. The molecule has 0 aliphatic carbocycles. The van der Waals surface area contributed by atoms with Gasteiger partial charge < -0.3 is 11.1 Å². The first kappa shape index (κ1) is 20.4. The van der Waals surface area contributed by atoms with Crippen LogP contribution in [0.25, 0.3) is 0 Å². The van der Waals surface area contributed by atoms with E-state index in [4.69, 9.17) is 5.73 Å². The van der Waals surface area contributed by atoms with Crippen LogP contribution in [0.3, 0.4) is 0 Å². The van der Waals surface area contributed by atoms with Crippen molar-refractivity contribution in [1.82, 2.24) is 5.32 Å². The molecule has 0 unspecified atom stereocenters. The lowest BCUT2D eigenvalue weighted by atomic mass is 10.2. The van der Waals surface area contributed by atoms with Crippen LogP contribution in [0.4, 0.5) is 0 Å². The summed E-state index contributed by atoms with van der Waals surface area (Å²) >= 11 is 0. The third-order valence-corrected chi connectivity index (χ3v) is 1.52. The molecule has 0 fully saturated rings. The van der Waals surface area contributed by atoms with Crippen molar-refractivity contribution < 1.29 is 9.59 Å². The van der Waals surface area contributed by atoms with E-state index in [1.165, 1.54) is 0 Å². The smallest absolute Gasteiger partial charge is 0.222 e. The van der Waals surface area contributed by atoms with Crippen molar-refractivity contribution in [2.24, 2.45) is 17.6 Å². The van der Waals surface area contributed by atoms with E-state index in [1.807, 2.05) is 27.7 Å². The van der Waals surface area contributed by atoms with Crippen molar-refractivity contribution in [2.75, 3.05) is 0 Å². The fourth-order valence-electron chi connectivity index (χ4n) is 0.451. The van der Waals surface area contributed by atoms with Gasteiger partial charge in [-0.2, -0.15) is 0 Å². The molecule has 0 radical (unpaired) electrons. The minimum Gasteiger partial charge on any atom is -0.369 e. The van der Waals surface area contributed by atoms with Crippen LogP contribution in [0, 0.1) is 11.8 Å². The second-order valence-corrected chi connectivity index (χ2v) is 4.38. The summed E-state index contributed by atoms with van der Waals surface area (Å²) in [5.41, 5.74) is 4.80. The maximum atomic E-state index is 10.8. The van der Waals surface area contributed by atoms with Gasteiger partial charge in [-0.1, -0.05) is 35.1 Å². The SMILES string of the molecule is C.CC(C)C(N)=O.CC(C)NC(=O)C(C)C. The van der Waals surface area contributed by atoms with Crippen molar-refractivity contribution in [3.63, 3.8) is 0 Å². The molecule has 98 valence electrons. The number of carbonyl (C=O) groups is 2. The molecule has 0 atom stereocenters. The highest BCUT2D eigenvalue weighted by atomic mass is 16.2. The van der Waals surface area contributed by atoms with Crippen molar-refractivity contribution >= 4 is 11.8 Å². The van der Waals surface area contributed by atoms with Crippen LogP contribution in [0.15, 0.2) is 0 Å². The third-order valence-electron chi connectivity index (χ3n) is 1.52. The molecule has 2 amide bonds. The number of nitrogens with one attached hydrogen (secondary N) is 1. The lowest BCUT2D eigenvalue weighted by molar-refractivity contribution is -0.124. The topological polar surface area (TPSA) is 72.2 Å². The molecular weight excluding hydrogens is 204 g/mol. The average molecular weight is 232 g/mol. The number of hydrogen-bond donors (Lipinski definition) is 2. The molecule has 0 aromatic rings. The predicted molar refractivity (Wildman–Crippen MR) is 68.9 cm³/mol. The molecule has 0 saturated heterocycles. The fraction of sp³-hybridized carbons (Fsp3) is 0.833. The van der Waals surface area contributed by atoms with E-state index in [0.717, 1.165) is 0 Å². The van der Waals surface area contributed by atoms with Gasteiger partial charge in [-0.3, -0.25) is 9.59 Å². The van der Waals surface area contributed by atoms with Gasteiger partial charge in [0.1, 0.15) is 0 Å². The monoisotopic (exact) mass is 232 g/mol. The van der Waals surface area contributed by atoms with E-state index < -0.39 is 0 Å². The average Bonchev–Trinajstić information content (AvgIpc) is 2.03. The maximum Gasteiger partial charge on any atom is 0.222 e. The largest absolute Gasteiger partial charge is 0.369 e. The third kappa shape index (κ3) is 15.4. The highest BCUT2D eigenvalue weighted by molar-refractivity contribution is 5.78. The van der Waals surface area contributed by atoms with E-state index in [9.17, 15) is 9.59 Å². The van der Waals surface area contributed by atoms with E-state index in [1.54, 1.807) is 13.8 Å². The highest BCUT2D eigenvalue weighted by Gasteiger charge is 2.06. The Hall–Kier alpha value is -1.06. The molecule has 0 heterocycles. The van der Waals surface area contributed by atoms with Crippen LogP contribution in [0.5, 0.6) is 0 Å². The van der Waals surface area contributed by atoms with E-state index in [0.29, 0.717) is 0 Å². The van der Waals surface area contributed by atoms with Crippen LogP contribution in [-0.4, -0.2) is 17.9 Å². The van der Waals surface area contributed by atoms with Gasteiger partial charge in [0.2, 0.25) is 11.8 Å². The van der Waals surface area contributed by atoms with Crippen LogP contribution in [0.1, 0.15) is 49.0 Å². The Bertz CT molecular complexity index is 199. The summed E-state index contributed by atoms with van der Waals surface area (Å²) in [4.78, 5) is 20.8. The van der Waals surface area contributed by atoms with Crippen LogP contribution >= 0.6 is 0 Å². The Kier molecular flexibility index (Phi) is 13.3. The van der Waals surface area contributed by atoms with E-state index >= 15 is 0 Å². The molecule has 0 aliphatic heterocycles. The lowest BCUT2D eigenvalue weighted by Gasteiger charge is -2.09. The minimum atomic E-state index is -0.241. The summed E-state index contributed by atoms with van der Waals surface area (Å²) in [6.45, 7) is 11.2. The zero-order valence-corrected chi connectivity index (χ0v) is 10.6. The summed E-state index contributed by atoms with van der Waals surface area (Å²) in [7, 11) is 0. The summed E-state index contributed by atoms with van der Waals surface area (Å²) in [6.07, 6.45) is 0. The summed E-state index contributed by atoms with van der Waals surface area (Å²) < 4.78 is 0. The van der Waals surface area contributed by atoms with Gasteiger partial charge in [-0.15, -0.1) is 0 Å². The molecular formula is C12H28N2O2. The van der Waals surface area contributed by atoms with Gasteiger partial charge in [0.25, 0.3) is 0 Å². The van der Waals surface area contributed by atoms with E-state index in [2.05, 4.69) is 5.32 Å². The second-order valence-electron chi connectivity index (χ2n) is 4.38. The zero-order valence-electron chi connectivity index (χ0n) is 10.6. The number of hydrogen-bond acceptors (Lipinski definition) is 2. The van der Waals surface area contributed by atoms with Gasteiger partial charge in [-0.25, -0.2) is 0 Å². The standard InChI is InChI=1S/C7H15NO.C4H9NO.CH4/c1-5(2)7(9)8-6(3)4;1-3(2)4(5)6;/h5-6H,1-4H3,(H,8,9);3H,1-2H3,(H2,5,6);1H4. The Balaban J connectivity index is -0.000000214. The van der Waals surface area contributed by atoms with Crippen LogP contribution < -0.4 is 11.1 Å². The van der Waals surface area contributed by atoms with Crippen molar-refractivity contribution in [3.05, 3.63) is 0 Å². The molecule has 0 aliphatic rings. The van der Waals surface area contributed by atoms with Gasteiger partial charge in [0.05, 0.1) is 0 Å². The van der Waals surface area contributed by atoms with Crippen molar-refractivity contribution in [2.45, 2.75) is 55.0 Å². The zero-order chi connectivity index (χ0) is 12.6. The molecule has 16 heavy (non-hydrogen) atoms. The Morgan fingerprint density at radius 3 is 1.31 bits per heavy atom. The molecule has 0 saturated carbocycles. The summed E-state index contributed by atoms with van der Waals surface area (Å²) in [6, 6.07) is 0.264. The summed E-state index contributed by atoms with van der Waals surface area (Å²) in [5, 5.41) is 2.80. The van der Waals surface area contributed by atoms with Crippen LogP contribution in [-0.2, 0) is 9.59 Å². The molecule has 4 heteroatoms. The van der Waals surface area contributed by atoms with Crippen LogP contribution in [0.2, 0.25) is 0 Å². The molecule has 4 nitrogen and oxygen atoms in total. The molecule has 0 rings (SSSR count). The normalized spacial score (nSPS) is 9.31. The quantitative estimate of drug-likeness (QED) is 0.780. The number of carbonyl (C=O) groups excluding carboxylic acids is 2. The predicted octanol–water partition coefficient (Wildman–Crippen LogP) is 1.93. The first-order chi connectivity index (χ1) is 6.68. The molecule has 0 bridgehead atoms. The molecule has 0 aromatic carbocycles. The first-order valence-electron chi connectivity index (χ1n) is 5.28. The number of primary amides is 1. The first-order valence-corrected chi connectivity index (χ1v) is 5.28. The molecule has 0 aromatic heterocycles. The lowest BCUT2D eigenvalue weighted by Crippen LogP contribution is -2.33. The van der Waals surface area contributed by atoms with Gasteiger partial charge in [-0.05, 0) is 13.8 Å². The minimum absolute atomic E-state index is 0. The Morgan fingerprint density at radius 1 is 0.938 bits per heavy atom. The van der Waals surface area contributed by atoms with Gasteiger partial charge in [0, 0.05) is 17.9 Å². The van der Waals surface area contributed by atoms with Gasteiger partial charge in [0.15, 0.2) is 0 Å². The molecule has 3 N–H and O–H groups in total. The number of rotatable bonds is 3. The fourth-order valence-corrected chi connectivity index (χ4v) is 0.451. The van der Waals surface area contributed by atoms with Crippen molar-refractivity contribution in [1.29, 1.82) is 0 Å². The second kappa shape index (κ2) is 10.5. The number of amides is 2. The maximum absolute atomic E-state index is 10.8.